The number of nitrogens with zero attached hydrogens (tertiary/aromatic N) is 3. The van der Waals surface area contributed by atoms with E-state index in [2.05, 4.69) is 33.8 Å². The molecular weight excluding hydrogens is 488 g/mol. The minimum Gasteiger partial charge on any atom is -0.484 e. The fraction of sp³-hybridized carbons (Fsp3) is 0.226. The van der Waals surface area contributed by atoms with E-state index in [-0.39, 0.29) is 18.6 Å². The molecule has 0 unspecified atom stereocenters. The van der Waals surface area contributed by atoms with Crippen LogP contribution in [0.15, 0.2) is 79.1 Å². The number of nitrogens with one attached hydrogen (secondary N) is 3. The molecule has 0 spiro atoms. The summed E-state index contributed by atoms with van der Waals surface area (Å²) in [5.74, 6) is 1.81. The van der Waals surface area contributed by atoms with Crippen LogP contribution in [-0.2, 0) is 4.79 Å². The quantitative estimate of drug-likeness (QED) is 0.227. The number of hydrogen-bond donors (Lipinski definition) is 3. The van der Waals surface area contributed by atoms with Crippen molar-refractivity contribution in [1.82, 2.24) is 25.5 Å². The highest BCUT2D eigenvalue weighted by atomic mass is 16.5. The van der Waals surface area contributed by atoms with Gasteiger partial charge in [0.1, 0.15) is 11.6 Å². The number of aryl methyl sites for hydroxylation is 1. The molecule has 8 heteroatoms. The van der Waals surface area contributed by atoms with E-state index in [1.165, 1.54) is 12.8 Å². The third-order valence-electron chi connectivity index (χ3n) is 7.01. The molecule has 1 aliphatic rings. The Morgan fingerprint density at radius 1 is 0.974 bits per heavy atom. The van der Waals surface area contributed by atoms with Gasteiger partial charge in [0, 0.05) is 34.4 Å². The zero-order chi connectivity index (χ0) is 26.6. The van der Waals surface area contributed by atoms with Crippen LogP contribution in [-0.4, -0.2) is 38.7 Å². The minimum atomic E-state index is -0.0881. The second-order valence-corrected chi connectivity index (χ2v) is 9.97. The Morgan fingerprint density at radius 2 is 1.82 bits per heavy atom. The lowest BCUT2D eigenvalue weighted by Crippen LogP contribution is -2.36. The number of carbonyl (C=O) groups excluding carboxylic acids is 1. The zero-order valence-electron chi connectivity index (χ0n) is 21.8. The van der Waals surface area contributed by atoms with Gasteiger partial charge in [0.25, 0.3) is 5.91 Å². The first kappa shape index (κ1) is 24.6. The number of amides is 1. The predicted molar refractivity (Wildman–Crippen MR) is 153 cm³/mol. The molecule has 0 bridgehead atoms. The van der Waals surface area contributed by atoms with E-state index in [0.29, 0.717) is 11.6 Å². The van der Waals surface area contributed by atoms with Crippen molar-refractivity contribution in [2.45, 2.75) is 38.6 Å². The molecule has 1 amide bonds. The van der Waals surface area contributed by atoms with Crippen molar-refractivity contribution >= 4 is 28.3 Å². The number of aromatic nitrogens is 4. The standard InChI is InChI=1S/C31H30N6O2/c1-20-9-14-28-27(15-20)31(35-25-12-10-21(11-13-25)23-17-32-33-18-23)37-30(36-28)22-5-4-8-26(16-22)39-19-29(38)34-24-6-2-3-7-24/h4-5,8-18,24H,2-3,6-7,19H2,1H3,(H,32,33)(H,34,38)(H,35,36,37). The number of fused-ring (bicyclic) bond motifs is 1. The van der Waals surface area contributed by atoms with Gasteiger partial charge in [0.05, 0.1) is 11.7 Å². The van der Waals surface area contributed by atoms with Crippen LogP contribution < -0.4 is 15.4 Å². The van der Waals surface area contributed by atoms with Crippen LogP contribution in [0.1, 0.15) is 31.2 Å². The van der Waals surface area contributed by atoms with Crippen molar-refractivity contribution in [3.63, 3.8) is 0 Å². The zero-order valence-corrected chi connectivity index (χ0v) is 21.8. The highest BCUT2D eigenvalue weighted by Crippen LogP contribution is 2.30. The number of ether oxygens (including phenoxy) is 1. The molecule has 0 saturated heterocycles. The molecule has 3 aromatic carbocycles. The van der Waals surface area contributed by atoms with Gasteiger partial charge in [-0.3, -0.25) is 9.89 Å². The van der Waals surface area contributed by atoms with Gasteiger partial charge in [0.15, 0.2) is 12.4 Å². The average molecular weight is 519 g/mol. The van der Waals surface area contributed by atoms with Gasteiger partial charge in [-0.1, -0.05) is 48.7 Å². The number of anilines is 2. The summed E-state index contributed by atoms with van der Waals surface area (Å²) in [6.07, 6.45) is 8.11. The van der Waals surface area contributed by atoms with Crippen LogP contribution in [0.2, 0.25) is 0 Å². The molecule has 3 N–H and O–H groups in total. The topological polar surface area (TPSA) is 105 Å². The molecule has 0 radical (unpaired) electrons. The highest BCUT2D eigenvalue weighted by Gasteiger charge is 2.17. The molecule has 6 rings (SSSR count). The molecule has 196 valence electrons. The van der Waals surface area contributed by atoms with E-state index in [1.807, 2.05) is 66.9 Å². The maximum atomic E-state index is 12.3. The van der Waals surface area contributed by atoms with E-state index < -0.39 is 0 Å². The largest absolute Gasteiger partial charge is 0.484 e. The lowest BCUT2D eigenvalue weighted by Gasteiger charge is -2.14. The van der Waals surface area contributed by atoms with Gasteiger partial charge in [-0.05, 0) is 61.7 Å². The van der Waals surface area contributed by atoms with Crippen molar-refractivity contribution in [3.05, 3.63) is 84.7 Å². The first-order valence-electron chi connectivity index (χ1n) is 13.3. The summed E-state index contributed by atoms with van der Waals surface area (Å²) in [6, 6.07) is 22.1. The second-order valence-electron chi connectivity index (χ2n) is 9.97. The van der Waals surface area contributed by atoms with Crippen molar-refractivity contribution in [2.24, 2.45) is 0 Å². The molecule has 0 aliphatic heterocycles. The monoisotopic (exact) mass is 518 g/mol. The number of carbonyl (C=O) groups is 1. The van der Waals surface area contributed by atoms with Crippen LogP contribution >= 0.6 is 0 Å². The van der Waals surface area contributed by atoms with Crippen molar-refractivity contribution < 1.29 is 9.53 Å². The number of hydrogen-bond acceptors (Lipinski definition) is 6. The Bertz CT molecular complexity index is 1590. The van der Waals surface area contributed by atoms with Gasteiger partial charge in [-0.25, -0.2) is 9.97 Å². The molecule has 1 fully saturated rings. The molecular formula is C31H30N6O2. The SMILES string of the molecule is Cc1ccc2nc(-c3cccc(OCC(=O)NC4CCCC4)c3)nc(Nc3ccc(-c4cn[nH]c4)cc3)c2c1. The van der Waals surface area contributed by atoms with Gasteiger partial charge < -0.3 is 15.4 Å². The summed E-state index contributed by atoms with van der Waals surface area (Å²) in [5, 5.41) is 14.4. The summed E-state index contributed by atoms with van der Waals surface area (Å²) < 4.78 is 5.82. The summed E-state index contributed by atoms with van der Waals surface area (Å²) >= 11 is 0. The van der Waals surface area contributed by atoms with Crippen LogP contribution in [0.25, 0.3) is 33.4 Å². The average Bonchev–Trinajstić information content (AvgIpc) is 3.68. The van der Waals surface area contributed by atoms with Crippen LogP contribution in [0.5, 0.6) is 5.75 Å². The minimum absolute atomic E-state index is 0.0145. The third-order valence-corrected chi connectivity index (χ3v) is 7.01. The van der Waals surface area contributed by atoms with E-state index in [9.17, 15) is 4.79 Å². The summed E-state index contributed by atoms with van der Waals surface area (Å²) in [7, 11) is 0. The lowest BCUT2D eigenvalue weighted by molar-refractivity contribution is -0.123. The highest BCUT2D eigenvalue weighted by molar-refractivity contribution is 5.93. The van der Waals surface area contributed by atoms with E-state index >= 15 is 0 Å². The maximum absolute atomic E-state index is 12.3. The third kappa shape index (κ3) is 5.75. The van der Waals surface area contributed by atoms with Crippen molar-refractivity contribution in [2.75, 3.05) is 11.9 Å². The number of rotatable bonds is 8. The predicted octanol–water partition coefficient (Wildman–Crippen LogP) is 6.18. The fourth-order valence-electron chi connectivity index (χ4n) is 4.97. The van der Waals surface area contributed by atoms with Crippen molar-refractivity contribution in [3.8, 4) is 28.3 Å². The smallest absolute Gasteiger partial charge is 0.258 e. The summed E-state index contributed by atoms with van der Waals surface area (Å²) in [5.41, 5.74) is 5.80. The maximum Gasteiger partial charge on any atom is 0.258 e. The molecule has 5 aromatic rings. The van der Waals surface area contributed by atoms with E-state index in [1.54, 1.807) is 6.20 Å². The normalized spacial score (nSPS) is 13.5. The molecule has 8 nitrogen and oxygen atoms in total. The Labute approximate surface area is 226 Å². The van der Waals surface area contributed by atoms with Gasteiger partial charge in [0.2, 0.25) is 0 Å². The molecule has 0 atom stereocenters. The molecule has 2 aromatic heterocycles. The number of benzene rings is 3. The molecule has 1 aliphatic carbocycles. The van der Waals surface area contributed by atoms with Gasteiger partial charge >= 0.3 is 0 Å². The number of H-pyrrole nitrogens is 1. The number of aromatic amines is 1. The fourth-order valence-corrected chi connectivity index (χ4v) is 4.97. The first-order valence-corrected chi connectivity index (χ1v) is 13.3. The lowest BCUT2D eigenvalue weighted by atomic mass is 10.1. The Kier molecular flexibility index (Phi) is 6.91. The molecule has 2 heterocycles. The first-order chi connectivity index (χ1) is 19.1. The Hall–Kier alpha value is -4.72. The van der Waals surface area contributed by atoms with E-state index in [0.717, 1.165) is 57.5 Å². The summed E-state index contributed by atoms with van der Waals surface area (Å²) in [6.45, 7) is 2.04. The Balaban J connectivity index is 1.25. The van der Waals surface area contributed by atoms with Crippen LogP contribution in [0, 0.1) is 6.92 Å². The van der Waals surface area contributed by atoms with E-state index in [4.69, 9.17) is 14.7 Å². The van der Waals surface area contributed by atoms with Crippen LogP contribution in [0.4, 0.5) is 11.5 Å². The van der Waals surface area contributed by atoms with Crippen molar-refractivity contribution in [1.29, 1.82) is 0 Å². The van der Waals surface area contributed by atoms with Gasteiger partial charge in [-0.2, -0.15) is 5.10 Å². The molecule has 1 saturated carbocycles. The Morgan fingerprint density at radius 3 is 2.62 bits per heavy atom. The van der Waals surface area contributed by atoms with Gasteiger partial charge in [-0.15, -0.1) is 0 Å². The summed E-state index contributed by atoms with van der Waals surface area (Å²) in [4.78, 5) is 22.1. The van der Waals surface area contributed by atoms with Crippen LogP contribution in [0.3, 0.4) is 0 Å². The second kappa shape index (κ2) is 10.9. The molecule has 39 heavy (non-hydrogen) atoms.